The van der Waals surface area contributed by atoms with Gasteiger partial charge in [0.15, 0.2) is 0 Å². The summed E-state index contributed by atoms with van der Waals surface area (Å²) >= 11 is 0. The van der Waals surface area contributed by atoms with Gasteiger partial charge in [-0.15, -0.1) is 12.3 Å². The molecule has 0 fully saturated rings. The molecule has 0 amide bonds. The molecule has 0 aromatic heterocycles. The molecule has 1 rings (SSSR count). The van der Waals surface area contributed by atoms with Gasteiger partial charge in [0.05, 0.1) is 0 Å². The van der Waals surface area contributed by atoms with Crippen molar-refractivity contribution in [1.82, 2.24) is 0 Å². The van der Waals surface area contributed by atoms with Crippen LogP contribution in [-0.2, 0) is 0 Å². The molecule has 0 aliphatic heterocycles. The Bertz CT molecular complexity index is 271. The van der Waals surface area contributed by atoms with E-state index in [1.165, 1.54) is 0 Å². The molecule has 0 saturated carbocycles. The Kier molecular flexibility index (Phi) is 3.92. The van der Waals surface area contributed by atoms with Gasteiger partial charge in [-0.1, -0.05) is 25.1 Å². The van der Waals surface area contributed by atoms with Crippen molar-refractivity contribution in [2.24, 2.45) is 0 Å². The molecule has 0 radical (unpaired) electrons. The van der Waals surface area contributed by atoms with Crippen LogP contribution in [0.5, 0.6) is 0 Å². The second-order valence-corrected chi connectivity index (χ2v) is 3.02. The van der Waals surface area contributed by atoms with E-state index in [9.17, 15) is 0 Å². The lowest BCUT2D eigenvalue weighted by molar-refractivity contribution is 0.716. The van der Waals surface area contributed by atoms with Crippen LogP contribution in [0, 0.1) is 12.3 Å². The van der Waals surface area contributed by atoms with E-state index in [4.69, 9.17) is 6.42 Å². The summed E-state index contributed by atoms with van der Waals surface area (Å²) in [4.78, 5) is 0. The summed E-state index contributed by atoms with van der Waals surface area (Å²) in [6.07, 6.45) is 7.11. The van der Waals surface area contributed by atoms with Crippen LogP contribution in [-0.4, -0.2) is 6.04 Å². The lowest BCUT2D eigenvalue weighted by Crippen LogP contribution is -2.17. The van der Waals surface area contributed by atoms with E-state index >= 15 is 0 Å². The van der Waals surface area contributed by atoms with Crippen LogP contribution in [0.2, 0.25) is 0 Å². The van der Waals surface area contributed by atoms with Gasteiger partial charge in [-0.2, -0.15) is 0 Å². The minimum absolute atomic E-state index is 0.396. The average molecular weight is 173 g/mol. The van der Waals surface area contributed by atoms with Gasteiger partial charge >= 0.3 is 0 Å². The summed E-state index contributed by atoms with van der Waals surface area (Å²) in [5, 5.41) is 3.39. The molecule has 1 heteroatoms. The highest BCUT2D eigenvalue weighted by molar-refractivity contribution is 5.43. The standard InChI is InChI=1S/C12H15N/c1-3-8-11(4-2)13-12-9-6-5-7-10-12/h1,5-7,9-11,13H,4,8H2,2H3. The highest BCUT2D eigenvalue weighted by Crippen LogP contribution is 2.10. The third-order valence-electron chi connectivity index (χ3n) is 2.00. The molecule has 68 valence electrons. The molecule has 0 bridgehead atoms. The number of rotatable bonds is 4. The van der Waals surface area contributed by atoms with E-state index in [2.05, 4.69) is 30.3 Å². The van der Waals surface area contributed by atoms with Crippen molar-refractivity contribution in [3.63, 3.8) is 0 Å². The Morgan fingerprint density at radius 1 is 1.38 bits per heavy atom. The monoisotopic (exact) mass is 173 g/mol. The zero-order valence-electron chi connectivity index (χ0n) is 7.96. The second kappa shape index (κ2) is 5.27. The molecular formula is C12H15N. The number of nitrogens with one attached hydrogen (secondary N) is 1. The Hall–Kier alpha value is -1.42. The zero-order valence-corrected chi connectivity index (χ0v) is 7.96. The molecule has 1 nitrogen and oxygen atoms in total. The predicted molar refractivity (Wildman–Crippen MR) is 57.6 cm³/mol. The summed E-state index contributed by atoms with van der Waals surface area (Å²) in [5.74, 6) is 2.68. The Morgan fingerprint density at radius 3 is 2.62 bits per heavy atom. The van der Waals surface area contributed by atoms with Crippen molar-refractivity contribution in [3.8, 4) is 12.3 Å². The van der Waals surface area contributed by atoms with E-state index in [0.717, 1.165) is 18.5 Å². The molecule has 1 N–H and O–H groups in total. The first kappa shape index (κ1) is 9.67. The van der Waals surface area contributed by atoms with Gasteiger partial charge in [-0.05, 0) is 18.6 Å². The lowest BCUT2D eigenvalue weighted by atomic mass is 10.1. The zero-order chi connectivity index (χ0) is 9.52. The molecule has 0 heterocycles. The molecule has 0 spiro atoms. The van der Waals surface area contributed by atoms with E-state index in [-0.39, 0.29) is 0 Å². The lowest BCUT2D eigenvalue weighted by Gasteiger charge is -2.15. The number of hydrogen-bond donors (Lipinski definition) is 1. The molecule has 0 aliphatic rings. The third kappa shape index (κ3) is 3.21. The summed E-state index contributed by atoms with van der Waals surface area (Å²) in [6, 6.07) is 10.6. The van der Waals surface area contributed by atoms with Gasteiger partial charge in [0.2, 0.25) is 0 Å². The highest BCUT2D eigenvalue weighted by Gasteiger charge is 2.02. The maximum absolute atomic E-state index is 5.27. The fourth-order valence-electron chi connectivity index (χ4n) is 1.21. The smallest absolute Gasteiger partial charge is 0.0367 e. The Labute approximate surface area is 80.2 Å². The molecule has 0 saturated heterocycles. The summed E-state index contributed by atoms with van der Waals surface area (Å²) in [7, 11) is 0. The quantitative estimate of drug-likeness (QED) is 0.690. The maximum Gasteiger partial charge on any atom is 0.0367 e. The number of anilines is 1. The van der Waals surface area contributed by atoms with E-state index < -0.39 is 0 Å². The second-order valence-electron chi connectivity index (χ2n) is 3.02. The maximum atomic E-state index is 5.27. The number of para-hydroxylation sites is 1. The largest absolute Gasteiger partial charge is 0.381 e. The number of hydrogen-bond acceptors (Lipinski definition) is 1. The van der Waals surface area contributed by atoms with Crippen LogP contribution in [0.3, 0.4) is 0 Å². The van der Waals surface area contributed by atoms with Crippen LogP contribution in [0.25, 0.3) is 0 Å². The van der Waals surface area contributed by atoms with Crippen LogP contribution in [0.1, 0.15) is 19.8 Å². The van der Waals surface area contributed by atoms with Gasteiger partial charge in [0, 0.05) is 18.2 Å². The van der Waals surface area contributed by atoms with Crippen molar-refractivity contribution in [2.75, 3.05) is 5.32 Å². The van der Waals surface area contributed by atoms with Gasteiger partial charge in [-0.25, -0.2) is 0 Å². The normalized spacial score (nSPS) is 11.7. The van der Waals surface area contributed by atoms with Gasteiger partial charge < -0.3 is 5.32 Å². The first-order chi connectivity index (χ1) is 6.36. The van der Waals surface area contributed by atoms with Crippen LogP contribution in [0.15, 0.2) is 30.3 Å². The molecule has 0 aliphatic carbocycles. The topological polar surface area (TPSA) is 12.0 Å². The Balaban J connectivity index is 2.53. The summed E-state index contributed by atoms with van der Waals surface area (Å²) in [6.45, 7) is 2.14. The van der Waals surface area contributed by atoms with Gasteiger partial charge in [0.25, 0.3) is 0 Å². The van der Waals surface area contributed by atoms with Gasteiger partial charge in [0.1, 0.15) is 0 Å². The highest BCUT2D eigenvalue weighted by atomic mass is 14.9. The SMILES string of the molecule is C#CCC(CC)Nc1ccccc1. The minimum Gasteiger partial charge on any atom is -0.381 e. The minimum atomic E-state index is 0.396. The van der Waals surface area contributed by atoms with Gasteiger partial charge in [-0.3, -0.25) is 0 Å². The fourth-order valence-corrected chi connectivity index (χ4v) is 1.21. The summed E-state index contributed by atoms with van der Waals surface area (Å²) in [5.41, 5.74) is 1.14. The Morgan fingerprint density at radius 2 is 2.08 bits per heavy atom. The predicted octanol–water partition coefficient (Wildman–Crippen LogP) is 2.90. The van der Waals surface area contributed by atoms with Crippen LogP contribution in [0.4, 0.5) is 5.69 Å². The molecule has 1 atom stereocenters. The van der Waals surface area contributed by atoms with Crippen molar-refractivity contribution < 1.29 is 0 Å². The average Bonchev–Trinajstić information content (AvgIpc) is 2.19. The fraction of sp³-hybridized carbons (Fsp3) is 0.333. The van der Waals surface area contributed by atoms with Crippen molar-refractivity contribution in [1.29, 1.82) is 0 Å². The first-order valence-electron chi connectivity index (χ1n) is 4.62. The van der Waals surface area contributed by atoms with Crippen molar-refractivity contribution >= 4 is 5.69 Å². The van der Waals surface area contributed by atoms with Crippen LogP contribution < -0.4 is 5.32 Å². The van der Waals surface area contributed by atoms with E-state index in [1.807, 2.05) is 18.2 Å². The molecule has 1 aromatic rings. The van der Waals surface area contributed by atoms with Crippen molar-refractivity contribution in [2.45, 2.75) is 25.8 Å². The molecule has 1 unspecified atom stereocenters. The number of terminal acetylenes is 1. The molecular weight excluding hydrogens is 158 g/mol. The van der Waals surface area contributed by atoms with E-state index in [0.29, 0.717) is 6.04 Å². The number of benzene rings is 1. The van der Waals surface area contributed by atoms with Crippen molar-refractivity contribution in [3.05, 3.63) is 30.3 Å². The summed E-state index contributed by atoms with van der Waals surface area (Å²) < 4.78 is 0. The third-order valence-corrected chi connectivity index (χ3v) is 2.00. The molecule has 13 heavy (non-hydrogen) atoms. The molecule has 1 aromatic carbocycles. The van der Waals surface area contributed by atoms with Crippen LogP contribution >= 0.6 is 0 Å². The van der Waals surface area contributed by atoms with E-state index in [1.54, 1.807) is 0 Å². The first-order valence-corrected chi connectivity index (χ1v) is 4.62.